The predicted molar refractivity (Wildman–Crippen MR) is 90.0 cm³/mol. The second-order valence-corrected chi connectivity index (χ2v) is 5.74. The number of fused-ring (bicyclic) bond motifs is 1. The fourth-order valence-corrected chi connectivity index (χ4v) is 2.63. The quantitative estimate of drug-likeness (QED) is 0.585. The van der Waals surface area contributed by atoms with Crippen molar-refractivity contribution in [1.29, 1.82) is 0 Å². The summed E-state index contributed by atoms with van der Waals surface area (Å²) in [4.78, 5) is 24.2. The number of hydrogen-bond donors (Lipinski definition) is 0. The number of Topliss-reactive ketones (excluding diaryl/α,β-unsaturated/α-hetero) is 1. The molecule has 1 heterocycles. The van der Waals surface area contributed by atoms with Crippen molar-refractivity contribution in [1.82, 2.24) is 0 Å². The van der Waals surface area contributed by atoms with Gasteiger partial charge in [-0.05, 0) is 30.3 Å². The normalized spacial score (nSPS) is 12.4. The lowest BCUT2D eigenvalue weighted by atomic mass is 10.1. The van der Waals surface area contributed by atoms with Crippen molar-refractivity contribution < 1.29 is 32.9 Å². The maximum Gasteiger partial charge on any atom is 0.338 e. The molecule has 0 spiro atoms. The number of esters is 1. The van der Waals surface area contributed by atoms with Crippen LogP contribution >= 0.6 is 11.6 Å². The summed E-state index contributed by atoms with van der Waals surface area (Å²) >= 11 is 6.06. The Hall–Kier alpha value is -2.80. The van der Waals surface area contributed by atoms with Crippen molar-refractivity contribution in [3.63, 3.8) is 0 Å². The van der Waals surface area contributed by atoms with Crippen LogP contribution in [0.3, 0.4) is 0 Å². The van der Waals surface area contributed by atoms with Gasteiger partial charge >= 0.3 is 5.97 Å². The monoisotopic (exact) mass is 380 g/mol. The van der Waals surface area contributed by atoms with Crippen LogP contribution in [0, 0.1) is 5.82 Å². The van der Waals surface area contributed by atoms with Gasteiger partial charge in [-0.3, -0.25) is 4.79 Å². The van der Waals surface area contributed by atoms with Gasteiger partial charge in [0.2, 0.25) is 0 Å². The summed E-state index contributed by atoms with van der Waals surface area (Å²) in [5, 5.41) is 0.206. The molecule has 0 atom stereocenters. The predicted octanol–water partition coefficient (Wildman–Crippen LogP) is 3.30. The van der Waals surface area contributed by atoms with Crippen molar-refractivity contribution in [2.24, 2.45) is 0 Å². The molecule has 3 rings (SSSR count). The molecule has 0 saturated heterocycles. The van der Waals surface area contributed by atoms with Crippen molar-refractivity contribution in [2.45, 2.75) is 0 Å². The molecule has 0 saturated carbocycles. The van der Waals surface area contributed by atoms with Crippen LogP contribution in [-0.4, -0.2) is 38.7 Å². The number of carbonyl (C=O) groups excluding carboxylic acids is 2. The van der Waals surface area contributed by atoms with Crippen LogP contribution in [0.4, 0.5) is 4.39 Å². The Morgan fingerprint density at radius 1 is 1.15 bits per heavy atom. The maximum atomic E-state index is 13.7. The first-order valence-electron chi connectivity index (χ1n) is 7.62. The number of carbonyl (C=O) groups is 2. The minimum Gasteiger partial charge on any atom is -0.494 e. The first kappa shape index (κ1) is 18.0. The van der Waals surface area contributed by atoms with E-state index in [1.54, 1.807) is 0 Å². The Balaban J connectivity index is 1.68. The zero-order valence-corrected chi connectivity index (χ0v) is 14.5. The maximum absolute atomic E-state index is 13.7. The first-order valence-corrected chi connectivity index (χ1v) is 8.00. The first-order chi connectivity index (χ1) is 12.5. The Kier molecular flexibility index (Phi) is 5.27. The molecule has 0 aromatic heterocycles. The van der Waals surface area contributed by atoms with Gasteiger partial charge in [-0.1, -0.05) is 11.6 Å². The topological polar surface area (TPSA) is 71.1 Å². The van der Waals surface area contributed by atoms with E-state index in [0.717, 1.165) is 6.07 Å². The fourth-order valence-electron chi connectivity index (χ4n) is 2.37. The van der Waals surface area contributed by atoms with E-state index in [4.69, 9.17) is 30.5 Å². The summed E-state index contributed by atoms with van der Waals surface area (Å²) < 4.78 is 34.2. The van der Waals surface area contributed by atoms with Crippen LogP contribution in [-0.2, 0) is 4.74 Å². The third kappa shape index (κ3) is 3.72. The second-order valence-electron chi connectivity index (χ2n) is 5.33. The average molecular weight is 381 g/mol. The number of ether oxygens (including phenoxy) is 4. The number of hydrogen-bond acceptors (Lipinski definition) is 6. The van der Waals surface area contributed by atoms with Gasteiger partial charge < -0.3 is 18.9 Å². The summed E-state index contributed by atoms with van der Waals surface area (Å²) in [5.41, 5.74) is 0.185. The van der Waals surface area contributed by atoms with Crippen LogP contribution in [0.2, 0.25) is 5.02 Å². The van der Waals surface area contributed by atoms with Gasteiger partial charge in [-0.2, -0.15) is 0 Å². The van der Waals surface area contributed by atoms with Gasteiger partial charge in [0.05, 0.1) is 17.7 Å². The molecule has 0 N–H and O–H groups in total. The molecule has 26 heavy (non-hydrogen) atoms. The highest BCUT2D eigenvalue weighted by molar-refractivity contribution is 6.32. The number of methoxy groups -OCH3 is 1. The van der Waals surface area contributed by atoms with Crippen LogP contribution in [0.25, 0.3) is 0 Å². The molecule has 0 fully saturated rings. The number of ketones is 1. The summed E-state index contributed by atoms with van der Waals surface area (Å²) in [6.07, 6.45) is 0. The second kappa shape index (κ2) is 7.61. The lowest BCUT2D eigenvalue weighted by molar-refractivity contribution is 0.0474. The number of rotatable bonds is 5. The van der Waals surface area contributed by atoms with Gasteiger partial charge in [0.1, 0.15) is 13.2 Å². The fraction of sp³-hybridized carbons (Fsp3) is 0.222. The molecule has 1 aliphatic heterocycles. The Morgan fingerprint density at radius 3 is 2.65 bits per heavy atom. The van der Waals surface area contributed by atoms with Gasteiger partial charge in [0, 0.05) is 5.56 Å². The third-order valence-corrected chi connectivity index (χ3v) is 3.92. The van der Waals surface area contributed by atoms with E-state index in [9.17, 15) is 14.0 Å². The lowest BCUT2D eigenvalue weighted by Crippen LogP contribution is -2.17. The Labute approximate surface area is 153 Å². The van der Waals surface area contributed by atoms with Crippen LogP contribution in [0.1, 0.15) is 20.7 Å². The van der Waals surface area contributed by atoms with Gasteiger partial charge in [0.15, 0.2) is 35.5 Å². The molecule has 0 amide bonds. The summed E-state index contributed by atoms with van der Waals surface area (Å²) in [7, 11) is 1.32. The molecule has 1 aliphatic rings. The van der Waals surface area contributed by atoms with Crippen LogP contribution in [0.15, 0.2) is 30.3 Å². The van der Waals surface area contributed by atoms with E-state index in [2.05, 4.69) is 0 Å². The van der Waals surface area contributed by atoms with Gasteiger partial charge in [0.25, 0.3) is 0 Å². The smallest absolute Gasteiger partial charge is 0.338 e. The highest BCUT2D eigenvalue weighted by atomic mass is 35.5. The Bertz CT molecular complexity index is 867. The molecule has 0 radical (unpaired) electrons. The summed E-state index contributed by atoms with van der Waals surface area (Å²) in [5.74, 6) is -1.28. The van der Waals surface area contributed by atoms with Crippen molar-refractivity contribution in [2.75, 3.05) is 26.9 Å². The molecule has 8 heteroatoms. The minimum atomic E-state index is -0.758. The molecule has 0 unspecified atom stereocenters. The SMILES string of the molecule is COc1ccc(C(=O)COC(=O)c2cc(Cl)c3c(c2)OCCO3)cc1F. The van der Waals surface area contributed by atoms with Gasteiger partial charge in [-0.25, -0.2) is 9.18 Å². The van der Waals surface area contributed by atoms with E-state index in [1.807, 2.05) is 0 Å². The van der Waals surface area contributed by atoms with Crippen LogP contribution < -0.4 is 14.2 Å². The van der Waals surface area contributed by atoms with E-state index in [1.165, 1.54) is 31.4 Å². The average Bonchev–Trinajstić information content (AvgIpc) is 2.65. The van der Waals surface area contributed by atoms with Crippen molar-refractivity contribution in [3.8, 4) is 17.2 Å². The minimum absolute atomic E-state index is 0.0180. The van der Waals surface area contributed by atoms with Crippen molar-refractivity contribution in [3.05, 3.63) is 52.3 Å². The molecule has 2 aromatic rings. The molecular formula is C18H14ClFO6. The molecule has 6 nitrogen and oxygen atoms in total. The standard InChI is InChI=1S/C18H14ClFO6/c1-23-15-3-2-10(7-13(15)20)14(21)9-26-18(22)11-6-12(19)17-16(8-11)24-4-5-25-17/h2-3,6-8H,4-5,9H2,1H3. The number of benzene rings is 2. The molecule has 0 bridgehead atoms. The summed E-state index contributed by atoms with van der Waals surface area (Å²) in [6, 6.07) is 6.54. The third-order valence-electron chi connectivity index (χ3n) is 3.64. The molecule has 2 aromatic carbocycles. The Morgan fingerprint density at radius 2 is 1.92 bits per heavy atom. The van der Waals surface area contributed by atoms with E-state index >= 15 is 0 Å². The van der Waals surface area contributed by atoms with E-state index in [0.29, 0.717) is 24.7 Å². The molecule has 136 valence electrons. The van der Waals surface area contributed by atoms with E-state index < -0.39 is 24.2 Å². The van der Waals surface area contributed by atoms with Crippen LogP contribution in [0.5, 0.6) is 17.2 Å². The highest BCUT2D eigenvalue weighted by Crippen LogP contribution is 2.38. The highest BCUT2D eigenvalue weighted by Gasteiger charge is 2.21. The zero-order chi connectivity index (χ0) is 18.7. The molecular weight excluding hydrogens is 367 g/mol. The lowest BCUT2D eigenvalue weighted by Gasteiger charge is -2.19. The largest absolute Gasteiger partial charge is 0.494 e. The van der Waals surface area contributed by atoms with E-state index in [-0.39, 0.29) is 21.9 Å². The summed E-state index contributed by atoms with van der Waals surface area (Å²) in [6.45, 7) is 0.156. The van der Waals surface area contributed by atoms with Crippen molar-refractivity contribution >= 4 is 23.4 Å². The zero-order valence-electron chi connectivity index (χ0n) is 13.7. The molecule has 0 aliphatic carbocycles. The van der Waals surface area contributed by atoms with Gasteiger partial charge in [-0.15, -0.1) is 0 Å². The number of halogens is 2.